The van der Waals surface area contributed by atoms with Gasteiger partial charge in [0.05, 0.1) is 17.1 Å². The monoisotopic (exact) mass is 347 g/mol. The lowest BCUT2D eigenvalue weighted by Gasteiger charge is -2.06. The molecule has 0 saturated heterocycles. The van der Waals surface area contributed by atoms with Crippen molar-refractivity contribution in [1.82, 2.24) is 0 Å². The highest BCUT2D eigenvalue weighted by Gasteiger charge is 2.14. The van der Waals surface area contributed by atoms with Crippen LogP contribution in [0.2, 0.25) is 5.02 Å². The molecule has 2 aromatic carbocycles. The number of methoxy groups -OCH3 is 1. The first-order valence-corrected chi connectivity index (χ1v) is 7.25. The second-order valence-corrected chi connectivity index (χ2v) is 5.42. The molecule has 0 fully saturated rings. The fraction of sp³-hybridized carbons (Fsp3) is 0.118. The van der Waals surface area contributed by atoms with E-state index in [9.17, 15) is 20.0 Å². The van der Waals surface area contributed by atoms with Gasteiger partial charge >= 0.3 is 0 Å². The largest absolute Gasteiger partial charge is 0.503 e. The Kier molecular flexibility index (Phi) is 5.21. The molecule has 6 nitrogen and oxygen atoms in total. The number of carbonyl (C=O) groups is 1. The summed E-state index contributed by atoms with van der Waals surface area (Å²) in [6.07, 6.45) is 2.76. The summed E-state index contributed by atoms with van der Waals surface area (Å²) < 4.78 is 4.98. The fourth-order valence-electron chi connectivity index (χ4n) is 2.07. The van der Waals surface area contributed by atoms with Gasteiger partial charge in [0.1, 0.15) is 0 Å². The number of nitro benzene ring substituents is 1. The van der Waals surface area contributed by atoms with Crippen LogP contribution in [0, 0.1) is 17.0 Å². The van der Waals surface area contributed by atoms with E-state index in [1.165, 1.54) is 49.6 Å². The third-order valence-electron chi connectivity index (χ3n) is 3.39. The van der Waals surface area contributed by atoms with Crippen molar-refractivity contribution < 1.29 is 19.6 Å². The van der Waals surface area contributed by atoms with Gasteiger partial charge in [-0.25, -0.2) is 0 Å². The molecule has 124 valence electrons. The highest BCUT2D eigenvalue weighted by molar-refractivity contribution is 6.32. The third-order valence-corrected chi connectivity index (χ3v) is 3.68. The van der Waals surface area contributed by atoms with Gasteiger partial charge in [0.15, 0.2) is 17.3 Å². The van der Waals surface area contributed by atoms with Crippen LogP contribution in [0.1, 0.15) is 21.5 Å². The quantitative estimate of drug-likeness (QED) is 0.379. The number of phenolic OH excluding ortho intramolecular Hbond substituents is 1. The van der Waals surface area contributed by atoms with Crippen LogP contribution in [-0.2, 0) is 0 Å². The normalized spacial score (nSPS) is 10.8. The van der Waals surface area contributed by atoms with Gasteiger partial charge in [-0.15, -0.1) is 0 Å². The zero-order valence-electron chi connectivity index (χ0n) is 12.9. The smallest absolute Gasteiger partial charge is 0.273 e. The molecule has 2 rings (SSSR count). The van der Waals surface area contributed by atoms with Crippen molar-refractivity contribution in [1.29, 1.82) is 0 Å². The van der Waals surface area contributed by atoms with E-state index in [0.717, 1.165) is 0 Å². The first kappa shape index (κ1) is 17.5. The summed E-state index contributed by atoms with van der Waals surface area (Å²) in [4.78, 5) is 22.6. The number of ketones is 1. The number of hydrogen-bond donors (Lipinski definition) is 1. The molecule has 0 saturated carbocycles. The summed E-state index contributed by atoms with van der Waals surface area (Å²) in [6, 6.07) is 7.29. The van der Waals surface area contributed by atoms with Crippen LogP contribution >= 0.6 is 11.6 Å². The molecule has 0 bridgehead atoms. The molecule has 0 aliphatic heterocycles. The number of allylic oxidation sites excluding steroid dienone is 1. The second kappa shape index (κ2) is 7.14. The van der Waals surface area contributed by atoms with Crippen molar-refractivity contribution in [3.63, 3.8) is 0 Å². The minimum Gasteiger partial charge on any atom is -0.503 e. The lowest BCUT2D eigenvalue weighted by molar-refractivity contribution is -0.385. The van der Waals surface area contributed by atoms with Gasteiger partial charge in [-0.05, 0) is 30.7 Å². The zero-order valence-corrected chi connectivity index (χ0v) is 13.7. The Morgan fingerprint density at radius 1 is 1.33 bits per heavy atom. The van der Waals surface area contributed by atoms with E-state index in [4.69, 9.17) is 16.3 Å². The number of carbonyl (C=O) groups excluding carboxylic acids is 1. The number of ether oxygens (including phenoxy) is 1. The molecule has 0 radical (unpaired) electrons. The molecule has 7 heteroatoms. The van der Waals surface area contributed by atoms with Gasteiger partial charge in [-0.2, -0.15) is 0 Å². The van der Waals surface area contributed by atoms with Gasteiger partial charge in [0, 0.05) is 17.2 Å². The van der Waals surface area contributed by atoms with Gasteiger partial charge < -0.3 is 9.84 Å². The Bertz CT molecular complexity index is 845. The van der Waals surface area contributed by atoms with E-state index in [0.29, 0.717) is 11.1 Å². The number of phenols is 1. The molecule has 0 aromatic heterocycles. The van der Waals surface area contributed by atoms with E-state index in [1.54, 1.807) is 6.92 Å². The molecule has 24 heavy (non-hydrogen) atoms. The number of aromatic hydroxyl groups is 1. The first-order chi connectivity index (χ1) is 11.3. The van der Waals surface area contributed by atoms with Crippen molar-refractivity contribution in [3.8, 4) is 11.5 Å². The molecule has 0 aliphatic carbocycles. The van der Waals surface area contributed by atoms with Gasteiger partial charge in [-0.3, -0.25) is 14.9 Å². The minimum atomic E-state index is -0.527. The standard InChI is InChI=1S/C17H14ClNO5/c1-10-3-5-12(9-14(10)19(22)23)15(20)6-4-11-7-13(18)17(21)16(8-11)24-2/h3-9,21H,1-2H3/b6-4+. The lowest BCUT2D eigenvalue weighted by atomic mass is 10.1. The minimum absolute atomic E-state index is 0.0902. The maximum atomic E-state index is 12.2. The summed E-state index contributed by atoms with van der Waals surface area (Å²) in [5.74, 6) is -0.390. The molecular formula is C17H14ClNO5. The summed E-state index contributed by atoms with van der Waals surface area (Å²) in [6.45, 7) is 1.60. The van der Waals surface area contributed by atoms with Gasteiger partial charge in [-0.1, -0.05) is 29.8 Å². The molecule has 2 aromatic rings. The molecule has 0 atom stereocenters. The molecule has 0 spiro atoms. The van der Waals surface area contributed by atoms with Crippen molar-refractivity contribution >= 4 is 29.1 Å². The van der Waals surface area contributed by atoms with E-state index >= 15 is 0 Å². The van der Waals surface area contributed by atoms with E-state index in [-0.39, 0.29) is 33.6 Å². The Morgan fingerprint density at radius 3 is 2.67 bits per heavy atom. The number of nitrogens with zero attached hydrogens (tertiary/aromatic N) is 1. The topological polar surface area (TPSA) is 89.7 Å². The highest BCUT2D eigenvalue weighted by atomic mass is 35.5. The van der Waals surface area contributed by atoms with Crippen molar-refractivity contribution in [2.75, 3.05) is 7.11 Å². The van der Waals surface area contributed by atoms with Crippen molar-refractivity contribution in [3.05, 3.63) is 68.2 Å². The summed E-state index contributed by atoms with van der Waals surface area (Å²) >= 11 is 5.88. The number of rotatable bonds is 5. The zero-order chi connectivity index (χ0) is 17.9. The van der Waals surface area contributed by atoms with Gasteiger partial charge in [0.2, 0.25) is 0 Å². The second-order valence-electron chi connectivity index (χ2n) is 5.01. The average molecular weight is 348 g/mol. The fourth-order valence-corrected chi connectivity index (χ4v) is 2.29. The highest BCUT2D eigenvalue weighted by Crippen LogP contribution is 2.35. The van der Waals surface area contributed by atoms with Crippen molar-refractivity contribution in [2.24, 2.45) is 0 Å². The predicted octanol–water partition coefficient (Wildman–Crippen LogP) is 4.17. The summed E-state index contributed by atoms with van der Waals surface area (Å²) in [7, 11) is 1.38. The molecule has 0 unspecified atom stereocenters. The molecular weight excluding hydrogens is 334 g/mol. The van der Waals surface area contributed by atoms with Crippen LogP contribution < -0.4 is 4.74 Å². The number of hydrogen-bond acceptors (Lipinski definition) is 5. The predicted molar refractivity (Wildman–Crippen MR) is 90.9 cm³/mol. The number of nitro groups is 1. The maximum Gasteiger partial charge on any atom is 0.273 e. The Hall–Kier alpha value is -2.86. The van der Waals surface area contributed by atoms with Crippen LogP contribution in [0.15, 0.2) is 36.4 Å². The van der Waals surface area contributed by atoms with Crippen molar-refractivity contribution in [2.45, 2.75) is 6.92 Å². The Labute approximate surface area is 143 Å². The molecule has 0 aliphatic rings. The third kappa shape index (κ3) is 3.72. The average Bonchev–Trinajstić information content (AvgIpc) is 2.55. The SMILES string of the molecule is COc1cc(/C=C/C(=O)c2ccc(C)c([N+](=O)[O-])c2)cc(Cl)c1O. The molecule has 0 heterocycles. The van der Waals surface area contributed by atoms with E-state index < -0.39 is 4.92 Å². The van der Waals surface area contributed by atoms with Crippen LogP contribution in [0.5, 0.6) is 11.5 Å². The number of benzene rings is 2. The van der Waals surface area contributed by atoms with Crippen LogP contribution in [0.3, 0.4) is 0 Å². The van der Waals surface area contributed by atoms with E-state index in [1.807, 2.05) is 0 Å². The Balaban J connectivity index is 2.30. The van der Waals surface area contributed by atoms with E-state index in [2.05, 4.69) is 0 Å². The molecule has 0 amide bonds. The summed E-state index contributed by atoms with van der Waals surface area (Å²) in [5, 5.41) is 20.7. The lowest BCUT2D eigenvalue weighted by Crippen LogP contribution is -1.98. The number of halogens is 1. The maximum absolute atomic E-state index is 12.2. The van der Waals surface area contributed by atoms with Crippen LogP contribution in [0.4, 0.5) is 5.69 Å². The van der Waals surface area contributed by atoms with Gasteiger partial charge in [0.25, 0.3) is 5.69 Å². The Morgan fingerprint density at radius 2 is 2.04 bits per heavy atom. The number of aryl methyl sites for hydroxylation is 1. The van der Waals surface area contributed by atoms with Crippen LogP contribution in [0.25, 0.3) is 6.08 Å². The summed E-state index contributed by atoms with van der Waals surface area (Å²) in [5.41, 5.74) is 1.13. The first-order valence-electron chi connectivity index (χ1n) is 6.87. The van der Waals surface area contributed by atoms with Crippen LogP contribution in [-0.4, -0.2) is 22.9 Å². The molecule has 1 N–H and O–H groups in total.